The van der Waals surface area contributed by atoms with Crippen LogP contribution in [0.2, 0.25) is 0 Å². The van der Waals surface area contributed by atoms with Crippen LogP contribution in [0.4, 0.5) is 10.1 Å². The first-order valence-corrected chi connectivity index (χ1v) is 9.49. The number of amides is 1. The maximum atomic E-state index is 13.1. The summed E-state index contributed by atoms with van der Waals surface area (Å²) in [5.74, 6) is -0.380. The van der Waals surface area contributed by atoms with Crippen molar-refractivity contribution >= 4 is 11.6 Å². The molecule has 0 spiro atoms. The van der Waals surface area contributed by atoms with Gasteiger partial charge in [-0.1, -0.05) is 24.3 Å². The third-order valence-corrected chi connectivity index (χ3v) is 5.15. The van der Waals surface area contributed by atoms with Gasteiger partial charge in [0.15, 0.2) is 12.4 Å². The average molecular weight is 401 g/mol. The van der Waals surface area contributed by atoms with E-state index in [0.29, 0.717) is 19.6 Å². The summed E-state index contributed by atoms with van der Waals surface area (Å²) >= 11 is 0. The number of hydrogen-bond donors (Lipinski definition) is 0. The second-order valence-corrected chi connectivity index (χ2v) is 7.31. The lowest BCUT2D eigenvalue weighted by Crippen LogP contribution is -2.58. The zero-order valence-electron chi connectivity index (χ0n) is 16.5. The van der Waals surface area contributed by atoms with Gasteiger partial charge in [-0.2, -0.15) is 0 Å². The number of halogens is 1. The Kier molecular flexibility index (Phi) is 6.43. The van der Waals surface area contributed by atoms with Crippen LogP contribution < -0.4 is 4.74 Å². The van der Waals surface area contributed by atoms with E-state index in [1.54, 1.807) is 29.2 Å². The highest BCUT2D eigenvalue weighted by atomic mass is 19.1. The van der Waals surface area contributed by atoms with Gasteiger partial charge in [0.25, 0.3) is 5.91 Å². The van der Waals surface area contributed by atoms with E-state index in [1.807, 2.05) is 13.8 Å². The number of rotatable bonds is 6. The predicted molar refractivity (Wildman–Crippen MR) is 106 cm³/mol. The first-order chi connectivity index (χ1) is 13.8. The fourth-order valence-electron chi connectivity index (χ4n) is 3.54. The van der Waals surface area contributed by atoms with E-state index in [-0.39, 0.29) is 41.9 Å². The van der Waals surface area contributed by atoms with Crippen LogP contribution in [0, 0.1) is 15.9 Å². The maximum Gasteiger partial charge on any atom is 0.310 e. The highest BCUT2D eigenvalue weighted by Gasteiger charge is 2.32. The minimum atomic E-state index is -0.529. The summed E-state index contributed by atoms with van der Waals surface area (Å²) in [6.07, 6.45) is 0. The molecular formula is C21H24FN3O4. The normalized spacial score (nSPS) is 19.8. The number of hydrogen-bond acceptors (Lipinski definition) is 5. The number of ether oxygens (including phenoxy) is 1. The highest BCUT2D eigenvalue weighted by Crippen LogP contribution is 2.26. The van der Waals surface area contributed by atoms with Crippen molar-refractivity contribution in [3.63, 3.8) is 0 Å². The lowest BCUT2D eigenvalue weighted by atomic mass is 10.1. The number of nitro groups is 1. The first-order valence-electron chi connectivity index (χ1n) is 9.49. The van der Waals surface area contributed by atoms with Gasteiger partial charge in [-0.3, -0.25) is 19.8 Å². The van der Waals surface area contributed by atoms with Gasteiger partial charge in [0.2, 0.25) is 0 Å². The summed E-state index contributed by atoms with van der Waals surface area (Å²) in [5.41, 5.74) is 0.857. The number of para-hydroxylation sites is 2. The molecule has 1 amide bonds. The van der Waals surface area contributed by atoms with Gasteiger partial charge in [-0.25, -0.2) is 4.39 Å². The van der Waals surface area contributed by atoms with E-state index in [4.69, 9.17) is 4.74 Å². The van der Waals surface area contributed by atoms with E-state index < -0.39 is 4.92 Å². The molecule has 154 valence electrons. The van der Waals surface area contributed by atoms with Crippen molar-refractivity contribution in [3.05, 3.63) is 70.0 Å². The molecule has 1 aliphatic heterocycles. The Balaban J connectivity index is 1.59. The van der Waals surface area contributed by atoms with Crippen LogP contribution >= 0.6 is 0 Å². The fourth-order valence-corrected chi connectivity index (χ4v) is 3.54. The molecule has 7 nitrogen and oxygen atoms in total. The zero-order chi connectivity index (χ0) is 21.0. The second-order valence-electron chi connectivity index (χ2n) is 7.31. The van der Waals surface area contributed by atoms with Crippen LogP contribution in [-0.2, 0) is 11.3 Å². The highest BCUT2D eigenvalue weighted by molar-refractivity contribution is 5.78. The van der Waals surface area contributed by atoms with Gasteiger partial charge in [0, 0.05) is 37.8 Å². The number of benzene rings is 2. The van der Waals surface area contributed by atoms with Gasteiger partial charge < -0.3 is 9.64 Å². The Morgan fingerprint density at radius 2 is 1.83 bits per heavy atom. The van der Waals surface area contributed by atoms with Gasteiger partial charge >= 0.3 is 5.69 Å². The molecule has 8 heteroatoms. The molecule has 0 N–H and O–H groups in total. The van der Waals surface area contributed by atoms with Gasteiger partial charge in [-0.15, -0.1) is 0 Å². The number of carbonyl (C=O) groups excluding carboxylic acids is 1. The number of nitrogens with zero attached hydrogens (tertiary/aromatic N) is 3. The van der Waals surface area contributed by atoms with Crippen molar-refractivity contribution in [1.29, 1.82) is 0 Å². The Labute approximate surface area is 168 Å². The van der Waals surface area contributed by atoms with Gasteiger partial charge in [0.1, 0.15) is 5.82 Å². The Morgan fingerprint density at radius 3 is 2.52 bits per heavy atom. The first kappa shape index (κ1) is 20.7. The predicted octanol–water partition coefficient (Wildman–Crippen LogP) is 3.23. The van der Waals surface area contributed by atoms with Crippen molar-refractivity contribution in [2.24, 2.45) is 0 Å². The monoisotopic (exact) mass is 401 g/mol. The Bertz CT molecular complexity index is 874. The van der Waals surface area contributed by atoms with E-state index in [2.05, 4.69) is 4.90 Å². The molecule has 2 aromatic carbocycles. The summed E-state index contributed by atoms with van der Waals surface area (Å²) < 4.78 is 18.6. The van der Waals surface area contributed by atoms with Crippen molar-refractivity contribution in [2.75, 3.05) is 19.7 Å². The molecule has 3 rings (SSSR count). The molecule has 1 saturated heterocycles. The standard InChI is InChI=1S/C21H24FN3O4/c1-15-12-24(16(2)11-23(15)13-17-7-9-18(22)10-8-17)21(26)14-29-20-6-4-3-5-19(20)25(27)28/h3-10,15-16H,11-14H2,1-2H3/t15-,16+/m1/s1. The maximum absolute atomic E-state index is 13.1. The summed E-state index contributed by atoms with van der Waals surface area (Å²) in [6, 6.07) is 12.5. The second kappa shape index (κ2) is 9.00. The average Bonchev–Trinajstić information content (AvgIpc) is 2.70. The topological polar surface area (TPSA) is 75.9 Å². The smallest absolute Gasteiger partial charge is 0.310 e. The molecular weight excluding hydrogens is 377 g/mol. The summed E-state index contributed by atoms with van der Waals surface area (Å²) in [7, 11) is 0. The molecule has 29 heavy (non-hydrogen) atoms. The molecule has 1 fully saturated rings. The fraction of sp³-hybridized carbons (Fsp3) is 0.381. The van der Waals surface area contributed by atoms with Crippen LogP contribution in [0.5, 0.6) is 5.75 Å². The molecule has 1 heterocycles. The van der Waals surface area contributed by atoms with Crippen molar-refractivity contribution in [2.45, 2.75) is 32.5 Å². The lowest BCUT2D eigenvalue weighted by Gasteiger charge is -2.44. The Hall–Kier alpha value is -3.00. The van der Waals surface area contributed by atoms with Crippen molar-refractivity contribution < 1.29 is 18.8 Å². The van der Waals surface area contributed by atoms with Crippen LogP contribution in [-0.4, -0.2) is 52.4 Å². The van der Waals surface area contributed by atoms with E-state index in [9.17, 15) is 19.3 Å². The third kappa shape index (κ3) is 5.08. The summed E-state index contributed by atoms with van der Waals surface area (Å²) in [4.78, 5) is 27.2. The molecule has 0 aliphatic carbocycles. The zero-order valence-corrected chi connectivity index (χ0v) is 16.5. The number of carbonyl (C=O) groups is 1. The molecule has 2 atom stereocenters. The van der Waals surface area contributed by atoms with Crippen LogP contribution in [0.1, 0.15) is 19.4 Å². The summed E-state index contributed by atoms with van der Waals surface area (Å²) in [6.45, 7) is 5.64. The minimum absolute atomic E-state index is 0.0338. The van der Waals surface area contributed by atoms with E-state index in [1.165, 1.54) is 24.3 Å². The van der Waals surface area contributed by atoms with Crippen LogP contribution in [0.15, 0.2) is 48.5 Å². The lowest BCUT2D eigenvalue weighted by molar-refractivity contribution is -0.385. The summed E-state index contributed by atoms with van der Waals surface area (Å²) in [5, 5.41) is 11.1. The van der Waals surface area contributed by atoms with Crippen molar-refractivity contribution in [3.8, 4) is 5.75 Å². The number of piperazine rings is 1. The van der Waals surface area contributed by atoms with Crippen LogP contribution in [0.25, 0.3) is 0 Å². The van der Waals surface area contributed by atoms with Gasteiger partial charge in [0.05, 0.1) is 4.92 Å². The quantitative estimate of drug-likeness (QED) is 0.549. The molecule has 0 bridgehead atoms. The Morgan fingerprint density at radius 1 is 1.14 bits per heavy atom. The molecule has 1 aliphatic rings. The molecule has 2 aromatic rings. The van der Waals surface area contributed by atoms with E-state index >= 15 is 0 Å². The minimum Gasteiger partial charge on any atom is -0.477 e. The third-order valence-electron chi connectivity index (χ3n) is 5.15. The van der Waals surface area contributed by atoms with E-state index in [0.717, 1.165) is 5.56 Å². The van der Waals surface area contributed by atoms with Crippen molar-refractivity contribution in [1.82, 2.24) is 9.80 Å². The molecule has 0 radical (unpaired) electrons. The molecule has 0 aromatic heterocycles. The largest absolute Gasteiger partial charge is 0.477 e. The van der Waals surface area contributed by atoms with Crippen LogP contribution in [0.3, 0.4) is 0 Å². The molecule has 0 unspecified atom stereocenters. The number of nitro benzene ring substituents is 1. The molecule has 0 saturated carbocycles. The van der Waals surface area contributed by atoms with Gasteiger partial charge in [-0.05, 0) is 37.6 Å². The SMILES string of the molecule is C[C@@H]1CN(C(=O)COc2ccccc2[N+](=O)[O-])[C@@H](C)CN1Cc1ccc(F)cc1.